The molecule has 114 valence electrons. The van der Waals surface area contributed by atoms with E-state index in [1.807, 2.05) is 0 Å². The fourth-order valence-corrected chi connectivity index (χ4v) is 3.16. The van der Waals surface area contributed by atoms with Crippen LogP contribution in [-0.4, -0.2) is 38.7 Å². The Balaban J connectivity index is 3.55. The van der Waals surface area contributed by atoms with Crippen LogP contribution in [-0.2, 0) is 27.9 Å². The van der Waals surface area contributed by atoms with Gasteiger partial charge in [-0.25, -0.2) is 0 Å². The van der Waals surface area contributed by atoms with E-state index in [-0.39, 0.29) is 12.8 Å². The molecule has 0 aliphatic heterocycles. The van der Waals surface area contributed by atoms with Gasteiger partial charge < -0.3 is 18.5 Å². The standard InChI is InChI=1S/C12H25O6P/c1-4-17-19(14,18-5-2)10-8-6-7-9-15-11-16-12(3)13/h4-11H2,1-3H3. The summed E-state index contributed by atoms with van der Waals surface area (Å²) < 4.78 is 32.2. The fourth-order valence-electron chi connectivity index (χ4n) is 1.43. The normalized spacial score (nSPS) is 11.5. The number of carbonyl (C=O) groups excluding carboxylic acids is 1. The van der Waals surface area contributed by atoms with Crippen LogP contribution in [0.1, 0.15) is 40.0 Å². The van der Waals surface area contributed by atoms with Gasteiger partial charge in [-0.2, -0.15) is 0 Å². The molecule has 0 bridgehead atoms. The Kier molecular flexibility index (Phi) is 11.2. The lowest BCUT2D eigenvalue weighted by molar-refractivity contribution is -0.153. The van der Waals surface area contributed by atoms with Crippen LogP contribution in [0.5, 0.6) is 0 Å². The molecule has 0 radical (unpaired) electrons. The molecule has 0 saturated heterocycles. The van der Waals surface area contributed by atoms with Crippen LogP contribution in [0, 0.1) is 0 Å². The van der Waals surface area contributed by atoms with Crippen LogP contribution in [0.25, 0.3) is 0 Å². The van der Waals surface area contributed by atoms with Crippen molar-refractivity contribution in [3.8, 4) is 0 Å². The van der Waals surface area contributed by atoms with Crippen molar-refractivity contribution in [3.63, 3.8) is 0 Å². The van der Waals surface area contributed by atoms with Gasteiger partial charge >= 0.3 is 13.6 Å². The maximum atomic E-state index is 12.1. The number of carbonyl (C=O) groups is 1. The van der Waals surface area contributed by atoms with Crippen LogP contribution in [0.2, 0.25) is 0 Å². The van der Waals surface area contributed by atoms with Crippen molar-refractivity contribution in [2.45, 2.75) is 40.0 Å². The van der Waals surface area contributed by atoms with E-state index in [1.165, 1.54) is 6.92 Å². The van der Waals surface area contributed by atoms with Gasteiger partial charge in [-0.3, -0.25) is 9.36 Å². The van der Waals surface area contributed by atoms with Gasteiger partial charge in [0.05, 0.1) is 26.0 Å². The summed E-state index contributed by atoms with van der Waals surface area (Å²) in [6.45, 7) is 6.23. The van der Waals surface area contributed by atoms with Crippen molar-refractivity contribution < 1.29 is 27.9 Å². The zero-order valence-electron chi connectivity index (χ0n) is 12.1. The predicted octanol–water partition coefficient (Wildman–Crippen LogP) is 2.96. The third kappa shape index (κ3) is 11.1. The van der Waals surface area contributed by atoms with Gasteiger partial charge in [-0.15, -0.1) is 0 Å². The molecule has 0 aromatic heterocycles. The number of unbranched alkanes of at least 4 members (excludes halogenated alkanes) is 2. The van der Waals surface area contributed by atoms with E-state index in [2.05, 4.69) is 4.74 Å². The van der Waals surface area contributed by atoms with Crippen molar-refractivity contribution in [1.82, 2.24) is 0 Å². The third-order valence-electron chi connectivity index (χ3n) is 2.22. The van der Waals surface area contributed by atoms with Crippen molar-refractivity contribution in [1.29, 1.82) is 0 Å². The molecule has 0 aromatic rings. The van der Waals surface area contributed by atoms with Crippen molar-refractivity contribution in [2.24, 2.45) is 0 Å². The molecule has 0 rings (SSSR count). The van der Waals surface area contributed by atoms with Crippen LogP contribution in [0.3, 0.4) is 0 Å². The maximum Gasteiger partial charge on any atom is 0.330 e. The largest absolute Gasteiger partial charge is 0.439 e. The summed E-state index contributed by atoms with van der Waals surface area (Å²) >= 11 is 0. The Bertz CT molecular complexity index is 271. The minimum atomic E-state index is -2.90. The van der Waals surface area contributed by atoms with E-state index < -0.39 is 7.60 Å². The van der Waals surface area contributed by atoms with Gasteiger partial charge in [0, 0.05) is 6.92 Å². The molecule has 7 heteroatoms. The lowest BCUT2D eigenvalue weighted by Gasteiger charge is -2.16. The SMILES string of the molecule is CCOP(=O)(CCCCCOCOC(C)=O)OCC. The molecule has 0 N–H and O–H groups in total. The van der Waals surface area contributed by atoms with Gasteiger partial charge in [-0.1, -0.05) is 6.42 Å². The van der Waals surface area contributed by atoms with E-state index >= 15 is 0 Å². The summed E-state index contributed by atoms with van der Waals surface area (Å²) in [7, 11) is -2.90. The first-order chi connectivity index (χ1) is 9.04. The quantitative estimate of drug-likeness (QED) is 0.239. The maximum absolute atomic E-state index is 12.1. The average Bonchev–Trinajstić information content (AvgIpc) is 2.33. The molecule has 19 heavy (non-hydrogen) atoms. The zero-order chi connectivity index (χ0) is 14.6. The summed E-state index contributed by atoms with van der Waals surface area (Å²) in [6.07, 6.45) is 2.87. The first-order valence-corrected chi connectivity index (χ1v) is 8.36. The van der Waals surface area contributed by atoms with Gasteiger partial charge in [0.15, 0.2) is 6.79 Å². The summed E-state index contributed by atoms with van der Waals surface area (Å²) in [4.78, 5) is 10.5. The topological polar surface area (TPSA) is 71.1 Å². The Labute approximate surface area is 115 Å². The van der Waals surface area contributed by atoms with Gasteiger partial charge in [0.2, 0.25) is 0 Å². The molecule has 0 heterocycles. The van der Waals surface area contributed by atoms with E-state index in [9.17, 15) is 9.36 Å². The number of hydrogen-bond donors (Lipinski definition) is 0. The Morgan fingerprint density at radius 3 is 2.21 bits per heavy atom. The highest BCUT2D eigenvalue weighted by Crippen LogP contribution is 2.48. The molecule has 0 aliphatic carbocycles. The molecule has 0 spiro atoms. The highest BCUT2D eigenvalue weighted by atomic mass is 31.2. The number of ether oxygens (including phenoxy) is 2. The highest BCUT2D eigenvalue weighted by Gasteiger charge is 2.22. The molecule has 6 nitrogen and oxygen atoms in total. The third-order valence-corrected chi connectivity index (χ3v) is 4.38. The lowest BCUT2D eigenvalue weighted by atomic mass is 10.3. The van der Waals surface area contributed by atoms with E-state index in [0.717, 1.165) is 19.3 Å². The molecular formula is C12H25O6P. The second-order valence-electron chi connectivity index (χ2n) is 3.89. The van der Waals surface area contributed by atoms with Crippen LogP contribution in [0.4, 0.5) is 0 Å². The first kappa shape index (κ1) is 18.6. The molecule has 0 fully saturated rings. The second kappa shape index (κ2) is 11.4. The van der Waals surface area contributed by atoms with Gasteiger partial charge in [-0.05, 0) is 26.7 Å². The number of esters is 1. The van der Waals surface area contributed by atoms with E-state index in [1.54, 1.807) is 13.8 Å². The molecule has 0 aliphatic rings. The number of hydrogen-bond acceptors (Lipinski definition) is 6. The van der Waals surface area contributed by atoms with Crippen LogP contribution < -0.4 is 0 Å². The van der Waals surface area contributed by atoms with Crippen molar-refractivity contribution in [3.05, 3.63) is 0 Å². The number of rotatable bonds is 12. The minimum absolute atomic E-state index is 0.00822. The van der Waals surface area contributed by atoms with Crippen LogP contribution in [0.15, 0.2) is 0 Å². The Hall–Kier alpha value is -0.420. The van der Waals surface area contributed by atoms with Crippen molar-refractivity contribution >= 4 is 13.6 Å². The van der Waals surface area contributed by atoms with Gasteiger partial charge in [0.25, 0.3) is 0 Å². The second-order valence-corrected chi connectivity index (χ2v) is 6.08. The Morgan fingerprint density at radius 2 is 1.68 bits per heavy atom. The molecular weight excluding hydrogens is 271 g/mol. The van der Waals surface area contributed by atoms with Crippen LogP contribution >= 0.6 is 7.60 Å². The highest BCUT2D eigenvalue weighted by molar-refractivity contribution is 7.53. The first-order valence-electron chi connectivity index (χ1n) is 6.63. The van der Waals surface area contributed by atoms with Gasteiger partial charge in [0.1, 0.15) is 0 Å². The molecule has 0 saturated carbocycles. The smallest absolute Gasteiger partial charge is 0.330 e. The van der Waals surface area contributed by atoms with Crippen molar-refractivity contribution in [2.75, 3.05) is 32.8 Å². The summed E-state index contributed by atoms with van der Waals surface area (Å²) in [5, 5.41) is 0. The summed E-state index contributed by atoms with van der Waals surface area (Å²) in [5.74, 6) is -0.352. The Morgan fingerprint density at radius 1 is 1.05 bits per heavy atom. The average molecular weight is 296 g/mol. The summed E-state index contributed by atoms with van der Waals surface area (Å²) in [5.41, 5.74) is 0. The molecule has 0 unspecified atom stereocenters. The predicted molar refractivity (Wildman–Crippen MR) is 72.2 cm³/mol. The fraction of sp³-hybridized carbons (Fsp3) is 0.917. The summed E-state index contributed by atoms with van der Waals surface area (Å²) in [6, 6.07) is 0. The molecule has 0 aromatic carbocycles. The lowest BCUT2D eigenvalue weighted by Crippen LogP contribution is -2.05. The minimum Gasteiger partial charge on any atom is -0.439 e. The van der Waals surface area contributed by atoms with E-state index in [4.69, 9.17) is 13.8 Å². The van der Waals surface area contributed by atoms with E-state index in [0.29, 0.717) is 26.0 Å². The monoisotopic (exact) mass is 296 g/mol. The zero-order valence-corrected chi connectivity index (χ0v) is 12.9. The molecule has 0 amide bonds. The molecule has 0 atom stereocenters.